The van der Waals surface area contributed by atoms with E-state index in [-0.39, 0.29) is 0 Å². The van der Waals surface area contributed by atoms with Gasteiger partial charge in [0.2, 0.25) is 0 Å². The lowest BCUT2D eigenvalue weighted by molar-refractivity contribution is 0.243. The van der Waals surface area contributed by atoms with Crippen LogP contribution >= 0.6 is 11.3 Å². The van der Waals surface area contributed by atoms with E-state index in [9.17, 15) is 0 Å². The van der Waals surface area contributed by atoms with E-state index in [0.717, 1.165) is 19.6 Å². The van der Waals surface area contributed by atoms with Gasteiger partial charge >= 0.3 is 0 Å². The minimum Gasteiger partial charge on any atom is -0.502 e. The summed E-state index contributed by atoms with van der Waals surface area (Å²) in [4.78, 5) is 1.43. The fourth-order valence-corrected chi connectivity index (χ4v) is 2.44. The Morgan fingerprint density at radius 2 is 2.47 bits per heavy atom. The highest BCUT2D eigenvalue weighted by molar-refractivity contribution is 7.10. The van der Waals surface area contributed by atoms with Crippen molar-refractivity contribution in [2.24, 2.45) is 0 Å². The molecule has 0 saturated carbocycles. The molecule has 1 N–H and O–H groups in total. The van der Waals surface area contributed by atoms with Crippen molar-refractivity contribution < 1.29 is 4.74 Å². The number of aryl methyl sites for hydroxylation is 1. The second-order valence-electron chi connectivity index (χ2n) is 3.53. The summed E-state index contributed by atoms with van der Waals surface area (Å²) in [6, 6.07) is 2.60. The fraction of sp³-hybridized carbons (Fsp3) is 0.500. The van der Waals surface area contributed by atoms with Gasteiger partial charge in [-0.05, 0) is 43.8 Å². The van der Waals surface area contributed by atoms with Crippen LogP contribution in [0.5, 0.6) is 0 Å². The highest BCUT2D eigenvalue weighted by atomic mass is 32.1. The largest absolute Gasteiger partial charge is 0.502 e. The minimum atomic E-state index is 0.439. The van der Waals surface area contributed by atoms with E-state index in [2.05, 4.69) is 37.2 Å². The van der Waals surface area contributed by atoms with Gasteiger partial charge in [-0.2, -0.15) is 0 Å². The van der Waals surface area contributed by atoms with Crippen LogP contribution < -0.4 is 5.32 Å². The second-order valence-corrected chi connectivity index (χ2v) is 4.48. The Balaban J connectivity index is 2.22. The summed E-state index contributed by atoms with van der Waals surface area (Å²) in [5.41, 5.74) is 1.38. The van der Waals surface area contributed by atoms with E-state index in [1.54, 1.807) is 0 Å². The van der Waals surface area contributed by atoms with E-state index in [0.29, 0.717) is 6.04 Å². The molecule has 1 heterocycles. The van der Waals surface area contributed by atoms with Crippen LogP contribution in [-0.4, -0.2) is 13.2 Å². The van der Waals surface area contributed by atoms with Crippen molar-refractivity contribution in [3.63, 3.8) is 0 Å². The van der Waals surface area contributed by atoms with Crippen molar-refractivity contribution in [2.75, 3.05) is 13.2 Å². The monoisotopic (exact) mass is 225 g/mol. The van der Waals surface area contributed by atoms with Gasteiger partial charge in [0, 0.05) is 10.9 Å². The van der Waals surface area contributed by atoms with E-state index in [1.807, 2.05) is 11.3 Å². The summed E-state index contributed by atoms with van der Waals surface area (Å²) in [7, 11) is 0. The maximum Gasteiger partial charge on any atom is 0.0885 e. The molecule has 0 spiro atoms. The molecule has 0 bridgehead atoms. The van der Waals surface area contributed by atoms with Crippen LogP contribution in [0.1, 0.15) is 29.8 Å². The maximum atomic E-state index is 5.06. The highest BCUT2D eigenvalue weighted by Crippen LogP contribution is 2.23. The summed E-state index contributed by atoms with van der Waals surface area (Å²) in [6.45, 7) is 9.59. The number of hydrogen-bond acceptors (Lipinski definition) is 3. The normalized spacial score (nSPS) is 12.4. The molecule has 84 valence electrons. The van der Waals surface area contributed by atoms with Crippen LogP contribution in [0.15, 0.2) is 24.3 Å². The first kappa shape index (κ1) is 12.3. The average Bonchev–Trinajstić information content (AvgIpc) is 2.64. The Bertz CT molecular complexity index is 296. The molecule has 1 aromatic heterocycles. The molecule has 3 heteroatoms. The fourth-order valence-electron chi connectivity index (χ4n) is 1.48. The van der Waals surface area contributed by atoms with Crippen LogP contribution in [0.3, 0.4) is 0 Å². The van der Waals surface area contributed by atoms with Crippen molar-refractivity contribution in [1.29, 1.82) is 0 Å². The number of nitrogens with one attached hydrogen (secondary N) is 1. The van der Waals surface area contributed by atoms with Gasteiger partial charge in [-0.1, -0.05) is 6.58 Å². The van der Waals surface area contributed by atoms with Crippen molar-refractivity contribution in [3.8, 4) is 0 Å². The molecule has 2 nitrogen and oxygen atoms in total. The summed E-state index contributed by atoms with van der Waals surface area (Å²) in [5, 5.41) is 5.62. The third kappa shape index (κ3) is 4.06. The molecule has 0 aromatic carbocycles. The smallest absolute Gasteiger partial charge is 0.0885 e. The second kappa shape index (κ2) is 6.64. The molecular weight excluding hydrogens is 206 g/mol. The van der Waals surface area contributed by atoms with Gasteiger partial charge in [0.15, 0.2) is 0 Å². The third-order valence-corrected chi connectivity index (χ3v) is 3.50. The van der Waals surface area contributed by atoms with E-state index in [4.69, 9.17) is 4.74 Å². The Hall–Kier alpha value is -0.800. The molecular formula is C12H19NOS. The minimum absolute atomic E-state index is 0.439. The van der Waals surface area contributed by atoms with Gasteiger partial charge in [0.05, 0.1) is 12.9 Å². The number of thiophene rings is 1. The molecule has 1 aromatic rings. The first-order valence-electron chi connectivity index (χ1n) is 5.25. The summed E-state index contributed by atoms with van der Waals surface area (Å²) in [5.74, 6) is 0. The predicted molar refractivity (Wildman–Crippen MR) is 66.2 cm³/mol. The standard InChI is InChI=1S/C12H19NOS/c1-4-14-8-5-7-13-11(3)12-10(2)6-9-15-12/h4,6,9,11,13H,1,5,7-8H2,2-3H3. The highest BCUT2D eigenvalue weighted by Gasteiger charge is 2.08. The van der Waals surface area contributed by atoms with Gasteiger partial charge < -0.3 is 10.1 Å². The molecule has 1 rings (SSSR count). The molecule has 0 saturated heterocycles. The molecule has 0 radical (unpaired) electrons. The van der Waals surface area contributed by atoms with Gasteiger partial charge in [0.1, 0.15) is 0 Å². The zero-order valence-corrected chi connectivity index (χ0v) is 10.3. The van der Waals surface area contributed by atoms with E-state index in [1.165, 1.54) is 16.7 Å². The predicted octanol–water partition coefficient (Wildman–Crippen LogP) is 3.26. The molecule has 1 unspecified atom stereocenters. The van der Waals surface area contributed by atoms with Crippen molar-refractivity contribution in [2.45, 2.75) is 26.3 Å². The summed E-state index contributed by atoms with van der Waals surface area (Å²) in [6.07, 6.45) is 2.51. The number of ether oxygens (including phenoxy) is 1. The molecule has 0 amide bonds. The van der Waals surface area contributed by atoms with Crippen molar-refractivity contribution >= 4 is 11.3 Å². The molecule has 0 aliphatic heterocycles. The lowest BCUT2D eigenvalue weighted by Gasteiger charge is -2.13. The van der Waals surface area contributed by atoms with Crippen molar-refractivity contribution in [1.82, 2.24) is 5.32 Å². The van der Waals surface area contributed by atoms with E-state index >= 15 is 0 Å². The third-order valence-electron chi connectivity index (χ3n) is 2.30. The van der Waals surface area contributed by atoms with Gasteiger partial charge in [0.25, 0.3) is 0 Å². The zero-order chi connectivity index (χ0) is 11.1. The Kier molecular flexibility index (Phi) is 5.43. The van der Waals surface area contributed by atoms with Crippen molar-refractivity contribution in [3.05, 3.63) is 34.7 Å². The molecule has 1 atom stereocenters. The van der Waals surface area contributed by atoms with Gasteiger partial charge in [-0.15, -0.1) is 11.3 Å². The molecule has 0 aliphatic rings. The maximum absolute atomic E-state index is 5.06. The lowest BCUT2D eigenvalue weighted by atomic mass is 10.2. The quantitative estimate of drug-likeness (QED) is 0.568. The summed E-state index contributed by atoms with van der Waals surface area (Å²) < 4.78 is 5.06. The molecule has 15 heavy (non-hydrogen) atoms. The van der Waals surface area contributed by atoms with Crippen LogP contribution in [0.25, 0.3) is 0 Å². The average molecular weight is 225 g/mol. The SMILES string of the molecule is C=COCCCNC(C)c1sccc1C. The zero-order valence-electron chi connectivity index (χ0n) is 9.45. The van der Waals surface area contributed by atoms with E-state index < -0.39 is 0 Å². The Labute approximate surface area is 96.0 Å². The first-order chi connectivity index (χ1) is 7.25. The van der Waals surface area contributed by atoms with Crippen LogP contribution in [0, 0.1) is 6.92 Å². The van der Waals surface area contributed by atoms with Gasteiger partial charge in [-0.3, -0.25) is 0 Å². The van der Waals surface area contributed by atoms with Gasteiger partial charge in [-0.25, -0.2) is 0 Å². The number of rotatable bonds is 7. The Morgan fingerprint density at radius 3 is 3.07 bits per heavy atom. The van der Waals surface area contributed by atoms with Crippen LogP contribution in [0.2, 0.25) is 0 Å². The molecule has 0 fully saturated rings. The topological polar surface area (TPSA) is 21.3 Å². The number of hydrogen-bond donors (Lipinski definition) is 1. The first-order valence-corrected chi connectivity index (χ1v) is 6.13. The lowest BCUT2D eigenvalue weighted by Crippen LogP contribution is -2.20. The van der Waals surface area contributed by atoms with Crippen LogP contribution in [-0.2, 0) is 4.74 Å². The molecule has 0 aliphatic carbocycles. The summed E-state index contributed by atoms with van der Waals surface area (Å²) >= 11 is 1.82. The Morgan fingerprint density at radius 1 is 1.67 bits per heavy atom. The van der Waals surface area contributed by atoms with Crippen LogP contribution in [0.4, 0.5) is 0 Å².